The van der Waals surface area contributed by atoms with Gasteiger partial charge in [-0.25, -0.2) is 4.79 Å². The Kier molecular flexibility index (Phi) is 58.0. The molecule has 0 saturated carbocycles. The van der Waals surface area contributed by atoms with E-state index in [1.807, 2.05) is 21.1 Å². The number of esters is 2. The number of rotatable bonds is 58. The van der Waals surface area contributed by atoms with Crippen molar-refractivity contribution in [3.05, 3.63) is 134 Å². The number of carbonyl (C=O) groups excluding carboxylic acids is 2. The third-order valence-corrected chi connectivity index (χ3v) is 13.4. The van der Waals surface area contributed by atoms with E-state index in [1.54, 1.807) is 0 Å². The average Bonchev–Trinajstić information content (AvgIpc) is 3.44. The number of quaternary nitrogens is 1. The van der Waals surface area contributed by atoms with E-state index in [0.717, 1.165) is 128 Å². The first-order chi connectivity index (χ1) is 39.6. The summed E-state index contributed by atoms with van der Waals surface area (Å²) in [7, 11) is 5.96. The maximum Gasteiger partial charge on any atom is 0.361 e. The van der Waals surface area contributed by atoms with Crippen LogP contribution in [0.4, 0.5) is 0 Å². The number of aliphatic carboxylic acids is 1. The summed E-state index contributed by atoms with van der Waals surface area (Å²) < 4.78 is 22.9. The molecule has 9 nitrogen and oxygen atoms in total. The van der Waals surface area contributed by atoms with E-state index in [4.69, 9.17) is 18.9 Å². The normalized spacial score (nSPS) is 13.6. The van der Waals surface area contributed by atoms with Gasteiger partial charge in [-0.3, -0.25) is 9.59 Å². The van der Waals surface area contributed by atoms with Gasteiger partial charge in [0.25, 0.3) is 6.29 Å². The van der Waals surface area contributed by atoms with Gasteiger partial charge in [-0.2, -0.15) is 0 Å². The van der Waals surface area contributed by atoms with Gasteiger partial charge in [-0.05, 0) is 109 Å². The molecule has 0 aliphatic carbocycles. The molecule has 0 heterocycles. The quantitative estimate of drug-likeness (QED) is 0.0211. The fourth-order valence-electron chi connectivity index (χ4n) is 8.51. The van der Waals surface area contributed by atoms with E-state index in [0.29, 0.717) is 23.9 Å². The molecular weight excluding hydrogens is 1010 g/mol. The first-order valence-corrected chi connectivity index (χ1v) is 32.3. The van der Waals surface area contributed by atoms with Crippen LogP contribution in [0.1, 0.15) is 245 Å². The Balaban J connectivity index is 4.21. The lowest BCUT2D eigenvalue weighted by atomic mass is 10.0. The van der Waals surface area contributed by atoms with E-state index in [1.165, 1.54) is 83.5 Å². The minimum absolute atomic E-state index is 0.178. The second-order valence-corrected chi connectivity index (χ2v) is 22.3. The highest BCUT2D eigenvalue weighted by atomic mass is 16.7. The highest BCUT2D eigenvalue weighted by Crippen LogP contribution is 2.16. The summed E-state index contributed by atoms with van der Waals surface area (Å²) in [4.78, 5) is 37.6. The van der Waals surface area contributed by atoms with Crippen LogP contribution in [-0.2, 0) is 33.3 Å². The molecule has 81 heavy (non-hydrogen) atoms. The molecule has 2 unspecified atom stereocenters. The summed E-state index contributed by atoms with van der Waals surface area (Å²) in [5.41, 5.74) is 0. The van der Waals surface area contributed by atoms with Crippen molar-refractivity contribution in [1.82, 2.24) is 0 Å². The van der Waals surface area contributed by atoms with Crippen molar-refractivity contribution in [2.45, 2.75) is 257 Å². The maximum atomic E-state index is 12.9. The van der Waals surface area contributed by atoms with Crippen molar-refractivity contribution in [3.8, 4) is 0 Å². The van der Waals surface area contributed by atoms with Crippen molar-refractivity contribution in [2.24, 2.45) is 0 Å². The molecule has 0 saturated heterocycles. The van der Waals surface area contributed by atoms with Crippen molar-refractivity contribution in [2.75, 3.05) is 47.5 Å². The zero-order chi connectivity index (χ0) is 59.1. The highest BCUT2D eigenvalue weighted by Gasteiger charge is 2.25. The van der Waals surface area contributed by atoms with Crippen LogP contribution in [0.25, 0.3) is 0 Å². The van der Waals surface area contributed by atoms with Crippen LogP contribution >= 0.6 is 0 Å². The Morgan fingerprint density at radius 2 is 0.667 bits per heavy atom. The number of nitrogens with zero attached hydrogens (tertiary/aromatic N) is 1. The van der Waals surface area contributed by atoms with Crippen molar-refractivity contribution < 1.29 is 42.9 Å². The summed E-state index contributed by atoms with van der Waals surface area (Å²) in [6.07, 6.45) is 85.4. The molecule has 0 aromatic rings. The summed E-state index contributed by atoms with van der Waals surface area (Å²) in [5.74, 6) is -2.03. The number of hydrogen-bond donors (Lipinski definition) is 1. The Hall–Kier alpha value is -4.57. The maximum absolute atomic E-state index is 12.9. The smallest absolute Gasteiger partial charge is 0.361 e. The zero-order valence-corrected chi connectivity index (χ0v) is 52.4. The van der Waals surface area contributed by atoms with Gasteiger partial charge in [0, 0.05) is 12.8 Å². The van der Waals surface area contributed by atoms with Crippen LogP contribution in [0.2, 0.25) is 0 Å². The molecule has 0 aliphatic heterocycles. The van der Waals surface area contributed by atoms with Gasteiger partial charge in [-0.15, -0.1) is 0 Å². The van der Waals surface area contributed by atoms with Gasteiger partial charge in [0.15, 0.2) is 6.10 Å². The third kappa shape index (κ3) is 62.9. The van der Waals surface area contributed by atoms with Crippen molar-refractivity contribution >= 4 is 17.9 Å². The number of likely N-dealkylation sites (N-methyl/N-ethyl adjacent to an activating group) is 1. The van der Waals surface area contributed by atoms with E-state index < -0.39 is 24.3 Å². The minimum Gasteiger partial charge on any atom is -0.477 e. The standard InChI is InChI=1S/C72H119NO8/c1-6-8-10-12-14-16-18-20-22-24-26-28-30-32-33-34-35-36-37-39-40-42-44-46-48-50-52-54-56-58-60-62-69(74)79-66-68(67-80-72(71(76)77)78-65-64-73(3,4)5)81-70(75)63-61-59-57-55-53-51-49-47-45-43-41-38-31-29-27-25-23-21-19-17-15-13-11-9-7-2/h8-11,14-17,20-23,26-29,32-33,38,41,45,47,68,72H,6-7,12-13,18-19,24-25,30-31,34-37,39-40,42-44,46,48-67H2,1-5H3/p+1/b10-8-,11-9-,16-14-,17-15-,22-20-,23-21-,28-26-,29-27-,33-32-,41-38-,47-45-. The second kappa shape index (κ2) is 61.5. The molecule has 0 amide bonds. The summed E-state index contributed by atoms with van der Waals surface area (Å²) in [5, 5.41) is 9.73. The number of carbonyl (C=O) groups is 3. The predicted octanol–water partition coefficient (Wildman–Crippen LogP) is 19.8. The molecule has 1 N–H and O–H groups in total. The number of carboxylic acids is 1. The Labute approximate surface area is 497 Å². The average molecular weight is 1130 g/mol. The molecule has 0 spiro atoms. The van der Waals surface area contributed by atoms with E-state index in [2.05, 4.69) is 148 Å². The van der Waals surface area contributed by atoms with Gasteiger partial charge < -0.3 is 28.5 Å². The first kappa shape index (κ1) is 76.4. The summed E-state index contributed by atoms with van der Waals surface area (Å²) in [6.45, 7) is 4.63. The molecule has 0 radical (unpaired) electrons. The lowest BCUT2D eigenvalue weighted by molar-refractivity contribution is -0.870. The first-order valence-electron chi connectivity index (χ1n) is 32.3. The lowest BCUT2D eigenvalue weighted by Gasteiger charge is -2.25. The monoisotopic (exact) mass is 1130 g/mol. The topological polar surface area (TPSA) is 108 Å². The van der Waals surface area contributed by atoms with Crippen LogP contribution in [-0.4, -0.2) is 87.4 Å². The fraction of sp³-hybridized carbons (Fsp3) is 0.653. The van der Waals surface area contributed by atoms with Gasteiger partial charge in [0.05, 0.1) is 34.4 Å². The van der Waals surface area contributed by atoms with E-state index in [-0.39, 0.29) is 32.2 Å². The minimum atomic E-state index is -1.52. The number of hydrogen-bond acceptors (Lipinski definition) is 7. The Morgan fingerprint density at radius 3 is 0.988 bits per heavy atom. The van der Waals surface area contributed by atoms with Gasteiger partial charge in [0.1, 0.15) is 13.2 Å². The fourth-order valence-corrected chi connectivity index (χ4v) is 8.51. The molecule has 0 bridgehead atoms. The van der Waals surface area contributed by atoms with Gasteiger partial charge in [0.2, 0.25) is 0 Å². The largest absolute Gasteiger partial charge is 0.477 e. The molecule has 0 fully saturated rings. The Bertz CT molecular complexity index is 1790. The highest BCUT2D eigenvalue weighted by molar-refractivity contribution is 5.71. The lowest BCUT2D eigenvalue weighted by Crippen LogP contribution is -2.40. The van der Waals surface area contributed by atoms with Crippen LogP contribution in [0.3, 0.4) is 0 Å². The van der Waals surface area contributed by atoms with E-state index in [9.17, 15) is 19.5 Å². The molecule has 0 rings (SSSR count). The third-order valence-electron chi connectivity index (χ3n) is 13.4. The summed E-state index contributed by atoms with van der Waals surface area (Å²) >= 11 is 0. The van der Waals surface area contributed by atoms with Crippen LogP contribution in [0.15, 0.2) is 134 Å². The predicted molar refractivity (Wildman–Crippen MR) is 345 cm³/mol. The summed E-state index contributed by atoms with van der Waals surface area (Å²) in [6, 6.07) is 0. The number of ether oxygens (including phenoxy) is 4. The molecule has 2 atom stereocenters. The molecule has 0 aromatic heterocycles. The van der Waals surface area contributed by atoms with Gasteiger partial charge in [-0.1, -0.05) is 257 Å². The Morgan fingerprint density at radius 1 is 0.370 bits per heavy atom. The van der Waals surface area contributed by atoms with Crippen molar-refractivity contribution in [3.63, 3.8) is 0 Å². The van der Waals surface area contributed by atoms with Gasteiger partial charge >= 0.3 is 17.9 Å². The molecule has 0 aliphatic rings. The zero-order valence-electron chi connectivity index (χ0n) is 52.4. The molecule has 9 heteroatoms. The van der Waals surface area contributed by atoms with Crippen LogP contribution < -0.4 is 0 Å². The van der Waals surface area contributed by atoms with Crippen LogP contribution in [0.5, 0.6) is 0 Å². The second-order valence-electron chi connectivity index (χ2n) is 22.3. The number of carboxylic acid groups (broad SMARTS) is 1. The van der Waals surface area contributed by atoms with E-state index >= 15 is 0 Å². The number of allylic oxidation sites excluding steroid dienone is 22. The number of unbranched alkanes of at least 4 members (excludes halogenated alkanes) is 21. The molecule has 460 valence electrons. The van der Waals surface area contributed by atoms with Crippen LogP contribution in [0, 0.1) is 0 Å². The SMILES string of the molecule is CC/C=C\C/C=C\C/C=C\C/C=C\C/C=C\C/C=C\CCCCCCCCC(=O)OC(COC(=O)CCCCCCCCCCCCCCCCC/C=C\C/C=C\C/C=C\C/C=C\C/C=C\CC)COC(OCC[N+](C)(C)C)C(=O)O. The van der Waals surface area contributed by atoms with Crippen molar-refractivity contribution in [1.29, 1.82) is 0 Å². The molecule has 0 aromatic carbocycles. The molecular formula is C72H120NO8+.